The standard InChI is InChI=1S/C19H17FN4O3/c1-24-19(27)15-5-3-2-4-14(15)16(23-24)11-18(26)22-21-17(25)10-12-6-8-13(20)9-7-12/h2-9H,10-11H2,1H3,(H,21,25)(H,22,26). The van der Waals surface area contributed by atoms with Gasteiger partial charge in [-0.15, -0.1) is 0 Å². The van der Waals surface area contributed by atoms with E-state index in [4.69, 9.17) is 0 Å². The molecule has 0 bridgehead atoms. The van der Waals surface area contributed by atoms with Crippen molar-refractivity contribution in [1.29, 1.82) is 0 Å². The molecule has 0 aliphatic carbocycles. The van der Waals surface area contributed by atoms with Crippen molar-refractivity contribution in [2.45, 2.75) is 12.8 Å². The third-order valence-electron chi connectivity index (χ3n) is 3.98. The van der Waals surface area contributed by atoms with Crippen LogP contribution in [-0.4, -0.2) is 21.6 Å². The SMILES string of the molecule is Cn1nc(CC(=O)NNC(=O)Cc2ccc(F)cc2)c2ccccc2c1=O. The molecule has 0 unspecified atom stereocenters. The summed E-state index contributed by atoms with van der Waals surface area (Å²) in [6, 6.07) is 12.4. The van der Waals surface area contributed by atoms with Gasteiger partial charge < -0.3 is 0 Å². The fourth-order valence-corrected chi connectivity index (χ4v) is 2.67. The molecule has 8 heteroatoms. The molecule has 0 saturated carbocycles. The van der Waals surface area contributed by atoms with Gasteiger partial charge in [-0.1, -0.05) is 30.3 Å². The molecule has 0 radical (unpaired) electrons. The third-order valence-corrected chi connectivity index (χ3v) is 3.98. The molecule has 3 aromatic rings. The molecule has 3 rings (SSSR count). The highest BCUT2D eigenvalue weighted by Crippen LogP contribution is 2.13. The van der Waals surface area contributed by atoms with E-state index in [1.807, 2.05) is 0 Å². The van der Waals surface area contributed by atoms with Crippen LogP contribution < -0.4 is 16.4 Å². The minimum atomic E-state index is -0.473. The lowest BCUT2D eigenvalue weighted by Crippen LogP contribution is -2.43. The average Bonchev–Trinajstić information content (AvgIpc) is 2.66. The molecular weight excluding hydrogens is 351 g/mol. The van der Waals surface area contributed by atoms with Gasteiger partial charge in [0.2, 0.25) is 11.8 Å². The van der Waals surface area contributed by atoms with Crippen molar-refractivity contribution in [3.8, 4) is 0 Å². The van der Waals surface area contributed by atoms with Crippen LogP contribution in [0.15, 0.2) is 53.3 Å². The van der Waals surface area contributed by atoms with Gasteiger partial charge in [-0.05, 0) is 23.8 Å². The van der Waals surface area contributed by atoms with Gasteiger partial charge in [0.1, 0.15) is 5.82 Å². The van der Waals surface area contributed by atoms with Crippen LogP contribution in [0.4, 0.5) is 4.39 Å². The largest absolute Gasteiger partial charge is 0.274 e. The lowest BCUT2D eigenvalue weighted by Gasteiger charge is -2.10. The minimum Gasteiger partial charge on any atom is -0.273 e. The summed E-state index contributed by atoms with van der Waals surface area (Å²) in [5.74, 6) is -1.29. The lowest BCUT2D eigenvalue weighted by atomic mass is 10.1. The van der Waals surface area contributed by atoms with Crippen LogP contribution in [-0.2, 0) is 29.5 Å². The van der Waals surface area contributed by atoms with E-state index in [1.54, 1.807) is 24.3 Å². The summed E-state index contributed by atoms with van der Waals surface area (Å²) >= 11 is 0. The number of carbonyl (C=O) groups excluding carboxylic acids is 2. The van der Waals surface area contributed by atoms with Crippen LogP contribution in [0.25, 0.3) is 10.8 Å². The maximum Gasteiger partial charge on any atom is 0.274 e. The van der Waals surface area contributed by atoms with Crippen molar-refractivity contribution < 1.29 is 14.0 Å². The highest BCUT2D eigenvalue weighted by atomic mass is 19.1. The first kappa shape index (κ1) is 18.2. The smallest absolute Gasteiger partial charge is 0.273 e. The third kappa shape index (κ3) is 4.35. The van der Waals surface area contributed by atoms with Crippen LogP contribution in [0, 0.1) is 5.82 Å². The van der Waals surface area contributed by atoms with E-state index in [0.29, 0.717) is 22.0 Å². The molecule has 0 aliphatic rings. The quantitative estimate of drug-likeness (QED) is 0.672. The molecule has 2 N–H and O–H groups in total. The summed E-state index contributed by atoms with van der Waals surface area (Å²) in [5.41, 5.74) is 5.43. The first-order valence-electron chi connectivity index (χ1n) is 8.21. The zero-order chi connectivity index (χ0) is 19.4. The number of nitrogens with zero attached hydrogens (tertiary/aromatic N) is 2. The van der Waals surface area contributed by atoms with Gasteiger partial charge in [-0.2, -0.15) is 5.10 Å². The van der Waals surface area contributed by atoms with Crippen LogP contribution >= 0.6 is 0 Å². The highest BCUT2D eigenvalue weighted by Gasteiger charge is 2.13. The topological polar surface area (TPSA) is 93.1 Å². The number of carbonyl (C=O) groups is 2. The van der Waals surface area contributed by atoms with Gasteiger partial charge in [-0.3, -0.25) is 25.2 Å². The van der Waals surface area contributed by atoms with Crippen molar-refractivity contribution in [2.75, 3.05) is 0 Å². The summed E-state index contributed by atoms with van der Waals surface area (Å²) in [5, 5.41) is 5.20. The molecule has 0 spiro atoms. The van der Waals surface area contributed by atoms with Crippen molar-refractivity contribution in [3.63, 3.8) is 0 Å². The molecule has 0 saturated heterocycles. The Hall–Kier alpha value is -3.55. The zero-order valence-electron chi connectivity index (χ0n) is 14.5. The Morgan fingerprint density at radius 1 is 0.963 bits per heavy atom. The van der Waals surface area contributed by atoms with Crippen molar-refractivity contribution in [3.05, 3.63) is 76.0 Å². The number of benzene rings is 2. The molecule has 0 atom stereocenters. The Morgan fingerprint density at radius 2 is 1.56 bits per heavy atom. The molecule has 0 fully saturated rings. The van der Waals surface area contributed by atoms with E-state index in [2.05, 4.69) is 16.0 Å². The fourth-order valence-electron chi connectivity index (χ4n) is 2.67. The first-order valence-corrected chi connectivity index (χ1v) is 8.21. The Bertz CT molecular complexity index is 1060. The fraction of sp³-hybridized carbons (Fsp3) is 0.158. The highest BCUT2D eigenvalue weighted by molar-refractivity contribution is 5.89. The molecule has 1 aromatic heterocycles. The predicted molar refractivity (Wildman–Crippen MR) is 97.1 cm³/mol. The van der Waals surface area contributed by atoms with Gasteiger partial charge in [0.05, 0.1) is 23.9 Å². The van der Waals surface area contributed by atoms with E-state index in [1.165, 1.54) is 36.0 Å². The number of aryl methyl sites for hydroxylation is 1. The molecule has 2 aromatic carbocycles. The molecule has 1 heterocycles. The zero-order valence-corrected chi connectivity index (χ0v) is 14.5. The number of halogens is 1. The maximum atomic E-state index is 12.9. The Labute approximate surface area is 153 Å². The maximum absolute atomic E-state index is 12.9. The van der Waals surface area contributed by atoms with Crippen molar-refractivity contribution >= 4 is 22.6 Å². The molecule has 2 amide bonds. The van der Waals surface area contributed by atoms with Gasteiger partial charge in [-0.25, -0.2) is 9.07 Å². The summed E-state index contributed by atoms with van der Waals surface area (Å²) in [4.78, 5) is 36.1. The molecular formula is C19H17FN4O3. The number of nitrogens with one attached hydrogen (secondary N) is 2. The Kier molecular flexibility index (Phi) is 5.25. The van der Waals surface area contributed by atoms with Crippen molar-refractivity contribution in [1.82, 2.24) is 20.6 Å². The Balaban J connectivity index is 1.64. The summed E-state index contributed by atoms with van der Waals surface area (Å²) in [6.45, 7) is 0. The second kappa shape index (κ2) is 7.77. The lowest BCUT2D eigenvalue weighted by molar-refractivity contribution is -0.128. The van der Waals surface area contributed by atoms with Crippen LogP contribution in [0.2, 0.25) is 0 Å². The van der Waals surface area contributed by atoms with Crippen LogP contribution in [0.5, 0.6) is 0 Å². The van der Waals surface area contributed by atoms with Crippen LogP contribution in [0.3, 0.4) is 0 Å². The number of fused-ring (bicyclic) bond motifs is 1. The number of hydrogen-bond acceptors (Lipinski definition) is 4. The predicted octanol–water partition coefficient (Wildman–Crippen LogP) is 1.01. The minimum absolute atomic E-state index is 0.00157. The number of hydrazine groups is 1. The summed E-state index contributed by atoms with van der Waals surface area (Å²) in [6.07, 6.45) is -0.104. The second-order valence-corrected chi connectivity index (χ2v) is 6.00. The van der Waals surface area contributed by atoms with Gasteiger partial charge in [0.25, 0.3) is 5.56 Å². The van der Waals surface area contributed by atoms with E-state index in [9.17, 15) is 18.8 Å². The van der Waals surface area contributed by atoms with Gasteiger partial charge in [0.15, 0.2) is 0 Å². The molecule has 138 valence electrons. The van der Waals surface area contributed by atoms with E-state index in [-0.39, 0.29) is 24.2 Å². The summed E-state index contributed by atoms with van der Waals surface area (Å²) < 4.78 is 14.0. The molecule has 27 heavy (non-hydrogen) atoms. The van der Waals surface area contributed by atoms with E-state index < -0.39 is 11.8 Å². The number of aromatic nitrogens is 2. The average molecular weight is 368 g/mol. The van der Waals surface area contributed by atoms with E-state index >= 15 is 0 Å². The number of amides is 2. The van der Waals surface area contributed by atoms with Gasteiger partial charge >= 0.3 is 0 Å². The van der Waals surface area contributed by atoms with Crippen molar-refractivity contribution in [2.24, 2.45) is 7.05 Å². The number of rotatable bonds is 4. The van der Waals surface area contributed by atoms with E-state index in [0.717, 1.165) is 0 Å². The summed E-state index contributed by atoms with van der Waals surface area (Å²) in [7, 11) is 1.51. The second-order valence-electron chi connectivity index (χ2n) is 6.00. The first-order chi connectivity index (χ1) is 12.9. The molecule has 7 nitrogen and oxygen atoms in total. The number of hydrogen-bond donors (Lipinski definition) is 2. The monoisotopic (exact) mass is 368 g/mol. The van der Waals surface area contributed by atoms with Gasteiger partial charge in [0, 0.05) is 12.4 Å². The molecule has 0 aliphatic heterocycles. The normalized spacial score (nSPS) is 10.6. The van der Waals surface area contributed by atoms with Crippen LogP contribution in [0.1, 0.15) is 11.3 Å². The Morgan fingerprint density at radius 3 is 2.22 bits per heavy atom.